The molecule has 1 fully saturated rings. The van der Waals surface area contributed by atoms with Gasteiger partial charge in [-0.3, -0.25) is 5.32 Å². The highest BCUT2D eigenvalue weighted by Gasteiger charge is 2.22. The van der Waals surface area contributed by atoms with Crippen LogP contribution in [-0.4, -0.2) is 42.1 Å². The molecule has 2 amide bonds. The molecule has 0 radical (unpaired) electrons. The summed E-state index contributed by atoms with van der Waals surface area (Å²) in [6.07, 6.45) is 1.68. The van der Waals surface area contributed by atoms with Gasteiger partial charge in [0, 0.05) is 37.8 Å². The van der Waals surface area contributed by atoms with Crippen LogP contribution >= 0.6 is 22.9 Å². The summed E-state index contributed by atoms with van der Waals surface area (Å²) in [5.41, 5.74) is 1.03. The first-order valence-corrected chi connectivity index (χ1v) is 7.95. The van der Waals surface area contributed by atoms with Crippen molar-refractivity contribution >= 4 is 39.8 Å². The van der Waals surface area contributed by atoms with E-state index in [-0.39, 0.29) is 6.03 Å². The molecule has 1 N–H and O–H groups in total. The van der Waals surface area contributed by atoms with Crippen molar-refractivity contribution in [3.8, 4) is 0 Å². The first-order chi connectivity index (χ1) is 10.2. The van der Waals surface area contributed by atoms with Gasteiger partial charge in [-0.05, 0) is 12.1 Å². The zero-order valence-corrected chi connectivity index (χ0v) is 12.9. The summed E-state index contributed by atoms with van der Waals surface area (Å²) in [7, 11) is 0. The van der Waals surface area contributed by atoms with Gasteiger partial charge in [0.15, 0.2) is 5.13 Å². The number of halogens is 1. The summed E-state index contributed by atoms with van der Waals surface area (Å²) in [5.74, 6) is 0. The number of rotatable bonds is 2. The lowest BCUT2D eigenvalue weighted by molar-refractivity contribution is 0.208. The van der Waals surface area contributed by atoms with E-state index in [2.05, 4.69) is 15.2 Å². The SMILES string of the molecule is O=C(Nc1nccs1)N1CCN(c2ccccc2Cl)CC1. The highest BCUT2D eigenvalue weighted by Crippen LogP contribution is 2.26. The van der Waals surface area contributed by atoms with E-state index in [4.69, 9.17) is 11.6 Å². The van der Waals surface area contributed by atoms with Gasteiger partial charge in [-0.2, -0.15) is 0 Å². The van der Waals surface area contributed by atoms with Crippen LogP contribution in [0.25, 0.3) is 0 Å². The van der Waals surface area contributed by atoms with Crippen LogP contribution in [0.2, 0.25) is 5.02 Å². The smallest absolute Gasteiger partial charge is 0.323 e. The molecule has 1 saturated heterocycles. The van der Waals surface area contributed by atoms with Crippen molar-refractivity contribution in [1.82, 2.24) is 9.88 Å². The van der Waals surface area contributed by atoms with Crippen molar-refractivity contribution in [2.75, 3.05) is 36.4 Å². The van der Waals surface area contributed by atoms with Crippen molar-refractivity contribution in [1.29, 1.82) is 0 Å². The molecule has 0 bridgehead atoms. The van der Waals surface area contributed by atoms with Gasteiger partial charge in [0.25, 0.3) is 0 Å². The summed E-state index contributed by atoms with van der Waals surface area (Å²) in [4.78, 5) is 20.2. The number of piperazine rings is 1. The highest BCUT2D eigenvalue weighted by molar-refractivity contribution is 7.13. The van der Waals surface area contributed by atoms with Crippen molar-refractivity contribution < 1.29 is 4.79 Å². The molecule has 1 aromatic heterocycles. The van der Waals surface area contributed by atoms with Gasteiger partial charge in [0.05, 0.1) is 10.7 Å². The van der Waals surface area contributed by atoms with Crippen molar-refractivity contribution in [3.63, 3.8) is 0 Å². The summed E-state index contributed by atoms with van der Waals surface area (Å²) < 4.78 is 0. The molecule has 7 heteroatoms. The molecule has 2 aromatic rings. The number of aromatic nitrogens is 1. The van der Waals surface area contributed by atoms with Crippen LogP contribution in [0.3, 0.4) is 0 Å². The molecule has 1 aliphatic rings. The van der Waals surface area contributed by atoms with E-state index in [0.717, 1.165) is 23.8 Å². The van der Waals surface area contributed by atoms with Gasteiger partial charge in [0.2, 0.25) is 0 Å². The van der Waals surface area contributed by atoms with Crippen LogP contribution in [0.1, 0.15) is 0 Å². The minimum Gasteiger partial charge on any atom is -0.367 e. The van der Waals surface area contributed by atoms with Gasteiger partial charge in [0.1, 0.15) is 0 Å². The zero-order chi connectivity index (χ0) is 14.7. The van der Waals surface area contributed by atoms with Gasteiger partial charge < -0.3 is 9.80 Å². The van der Waals surface area contributed by atoms with Crippen LogP contribution < -0.4 is 10.2 Å². The van der Waals surface area contributed by atoms with E-state index in [1.807, 2.05) is 29.6 Å². The summed E-state index contributed by atoms with van der Waals surface area (Å²) in [6, 6.07) is 7.70. The maximum absolute atomic E-state index is 12.1. The molecule has 1 aliphatic heterocycles. The summed E-state index contributed by atoms with van der Waals surface area (Å²) >= 11 is 7.63. The van der Waals surface area contributed by atoms with Crippen molar-refractivity contribution in [2.45, 2.75) is 0 Å². The average molecular weight is 323 g/mol. The van der Waals surface area contributed by atoms with Crippen molar-refractivity contribution in [2.24, 2.45) is 0 Å². The fraction of sp³-hybridized carbons (Fsp3) is 0.286. The first kappa shape index (κ1) is 14.2. The molecule has 2 heterocycles. The van der Waals surface area contributed by atoms with Gasteiger partial charge in [-0.1, -0.05) is 23.7 Å². The van der Waals surface area contributed by atoms with Gasteiger partial charge in [-0.25, -0.2) is 9.78 Å². The molecule has 5 nitrogen and oxygen atoms in total. The second-order valence-electron chi connectivity index (χ2n) is 4.69. The number of hydrogen-bond acceptors (Lipinski definition) is 4. The maximum atomic E-state index is 12.1. The van der Waals surface area contributed by atoms with Crippen LogP contribution in [0.5, 0.6) is 0 Å². The number of nitrogens with zero attached hydrogens (tertiary/aromatic N) is 3. The second kappa shape index (κ2) is 6.32. The molecule has 1 aromatic carbocycles. The largest absolute Gasteiger partial charge is 0.367 e. The third kappa shape index (κ3) is 3.28. The summed E-state index contributed by atoms with van der Waals surface area (Å²) in [6.45, 7) is 2.88. The Bertz CT molecular complexity index is 611. The molecule has 21 heavy (non-hydrogen) atoms. The molecular weight excluding hydrogens is 308 g/mol. The second-order valence-corrected chi connectivity index (χ2v) is 5.99. The maximum Gasteiger partial charge on any atom is 0.323 e. The minimum absolute atomic E-state index is 0.0937. The van der Waals surface area contributed by atoms with E-state index in [1.54, 1.807) is 11.1 Å². The number of thiazole rings is 1. The number of benzene rings is 1. The molecule has 0 saturated carbocycles. The van der Waals surface area contributed by atoms with Crippen molar-refractivity contribution in [3.05, 3.63) is 40.9 Å². The lowest BCUT2D eigenvalue weighted by atomic mass is 10.2. The Hall–Kier alpha value is -1.79. The van der Waals surface area contributed by atoms with E-state index in [0.29, 0.717) is 18.2 Å². The number of amides is 2. The molecule has 0 atom stereocenters. The third-order valence-corrected chi connectivity index (χ3v) is 4.41. The van der Waals surface area contributed by atoms with Crippen LogP contribution in [0.15, 0.2) is 35.8 Å². The monoisotopic (exact) mass is 322 g/mol. The van der Waals surface area contributed by atoms with E-state index < -0.39 is 0 Å². The number of anilines is 2. The van der Waals surface area contributed by atoms with Crippen LogP contribution in [0.4, 0.5) is 15.6 Å². The van der Waals surface area contributed by atoms with Crippen LogP contribution in [-0.2, 0) is 0 Å². The number of urea groups is 1. The molecule has 0 unspecified atom stereocenters. The quantitative estimate of drug-likeness (QED) is 0.924. The lowest BCUT2D eigenvalue weighted by Gasteiger charge is -2.36. The standard InChI is InChI=1S/C14H15ClN4OS/c15-11-3-1-2-4-12(11)18-6-8-19(9-7-18)14(20)17-13-16-5-10-21-13/h1-5,10H,6-9H2,(H,16,17,20). The average Bonchev–Trinajstić information content (AvgIpc) is 3.01. The van der Waals surface area contributed by atoms with E-state index >= 15 is 0 Å². The fourth-order valence-corrected chi connectivity index (χ4v) is 3.09. The minimum atomic E-state index is -0.0937. The Labute approximate surface area is 132 Å². The molecule has 3 rings (SSSR count). The molecular formula is C14H15ClN4OS. The zero-order valence-electron chi connectivity index (χ0n) is 11.3. The Morgan fingerprint density at radius 3 is 2.67 bits per heavy atom. The Kier molecular flexibility index (Phi) is 4.26. The Balaban J connectivity index is 1.58. The van der Waals surface area contributed by atoms with Gasteiger partial charge in [-0.15, -0.1) is 11.3 Å². The normalized spacial score (nSPS) is 15.1. The number of carbonyl (C=O) groups excluding carboxylic acids is 1. The topological polar surface area (TPSA) is 48.5 Å². The van der Waals surface area contributed by atoms with E-state index in [9.17, 15) is 4.79 Å². The predicted molar refractivity (Wildman–Crippen MR) is 86.4 cm³/mol. The predicted octanol–water partition coefficient (Wildman–Crippen LogP) is 3.15. The molecule has 0 aliphatic carbocycles. The number of carbonyl (C=O) groups is 1. The van der Waals surface area contributed by atoms with Gasteiger partial charge >= 0.3 is 6.03 Å². The lowest BCUT2D eigenvalue weighted by Crippen LogP contribution is -2.50. The first-order valence-electron chi connectivity index (χ1n) is 6.69. The Morgan fingerprint density at radius 1 is 1.24 bits per heavy atom. The Morgan fingerprint density at radius 2 is 2.00 bits per heavy atom. The molecule has 0 spiro atoms. The number of hydrogen-bond donors (Lipinski definition) is 1. The fourth-order valence-electron chi connectivity index (χ4n) is 2.31. The van der Waals surface area contributed by atoms with E-state index in [1.165, 1.54) is 11.3 Å². The third-order valence-electron chi connectivity index (χ3n) is 3.41. The van der Waals surface area contributed by atoms with Crippen LogP contribution in [0, 0.1) is 0 Å². The summed E-state index contributed by atoms with van der Waals surface area (Å²) in [5, 5.41) is 6.03. The highest BCUT2D eigenvalue weighted by atomic mass is 35.5. The number of nitrogens with one attached hydrogen (secondary N) is 1. The number of para-hydroxylation sites is 1. The molecule has 110 valence electrons.